The molecule has 17 heavy (non-hydrogen) atoms. The number of hydrogen-bond acceptors (Lipinski definition) is 4. The number of carbonyl (C=O) groups is 1. The van der Waals surface area contributed by atoms with Crippen LogP contribution in [0.3, 0.4) is 0 Å². The van der Waals surface area contributed by atoms with E-state index in [1.807, 2.05) is 40.8 Å². The van der Waals surface area contributed by atoms with E-state index in [-0.39, 0.29) is 0 Å². The van der Waals surface area contributed by atoms with Crippen LogP contribution in [0, 0.1) is 0 Å². The number of ether oxygens (including phenoxy) is 1. The lowest BCUT2D eigenvalue weighted by molar-refractivity contribution is 0.0525. The number of amides is 1. The van der Waals surface area contributed by atoms with E-state index >= 15 is 0 Å². The van der Waals surface area contributed by atoms with E-state index in [0.717, 1.165) is 5.57 Å². The predicted octanol–water partition coefficient (Wildman–Crippen LogP) is 2.35. The second-order valence-corrected chi connectivity index (χ2v) is 4.94. The largest absolute Gasteiger partial charge is 0.444 e. The van der Waals surface area contributed by atoms with Crippen LogP contribution in [0.4, 0.5) is 4.79 Å². The Morgan fingerprint density at radius 2 is 2.06 bits per heavy atom. The van der Waals surface area contributed by atoms with Crippen molar-refractivity contribution in [3.8, 4) is 0 Å². The van der Waals surface area contributed by atoms with Gasteiger partial charge in [-0.05, 0) is 34.6 Å². The Balaban J connectivity index is 3.94. The number of rotatable bonds is 5. The number of hydrazone groups is 1. The summed E-state index contributed by atoms with van der Waals surface area (Å²) in [5, 5.41) is 8.15. The van der Waals surface area contributed by atoms with Gasteiger partial charge in [0.2, 0.25) is 0 Å². The first-order chi connectivity index (χ1) is 7.74. The zero-order valence-electron chi connectivity index (χ0n) is 11.4. The summed E-state index contributed by atoms with van der Waals surface area (Å²) in [6.07, 6.45) is 1.45. The smallest absolute Gasteiger partial charge is 0.407 e. The van der Waals surface area contributed by atoms with Crippen molar-refractivity contribution in [2.45, 2.75) is 40.2 Å². The quantitative estimate of drug-likeness (QED) is 0.594. The Morgan fingerprint density at radius 1 is 1.47 bits per heavy atom. The minimum Gasteiger partial charge on any atom is -0.444 e. The Morgan fingerprint density at radius 3 is 2.47 bits per heavy atom. The first kappa shape index (κ1) is 15.5. The van der Waals surface area contributed by atoms with Crippen LogP contribution < -0.4 is 5.32 Å². The van der Waals surface area contributed by atoms with Crippen LogP contribution in [0.5, 0.6) is 0 Å². The molecule has 0 rings (SSSR count). The van der Waals surface area contributed by atoms with Crippen LogP contribution in [0.2, 0.25) is 0 Å². The normalized spacial score (nSPS) is 10.4. The number of hydrogen-bond donors (Lipinski definition) is 1. The molecule has 0 atom stereocenters. The molecule has 1 N–H and O–H groups in total. The van der Waals surface area contributed by atoms with Crippen molar-refractivity contribution in [1.29, 1.82) is 0 Å². The number of nitrogens with one attached hydrogen (secondary N) is 1. The third-order valence-electron chi connectivity index (χ3n) is 1.60. The summed E-state index contributed by atoms with van der Waals surface area (Å²) in [5.74, 6) is 0. The number of carbonyl (C=O) groups excluding carboxylic acids is 1. The standard InChI is InChI=1S/C12H23N3O2/c1-10(2)9-15(13-6)8-7-14-11(16)17-12(3,4)5/h9H,6-8H2,1-5H3,(H,14,16). The van der Waals surface area contributed by atoms with Gasteiger partial charge in [0, 0.05) is 19.5 Å². The molecule has 0 bridgehead atoms. The maximum Gasteiger partial charge on any atom is 0.407 e. The molecule has 0 aromatic heterocycles. The molecule has 0 aliphatic rings. The number of allylic oxidation sites excluding steroid dienone is 1. The van der Waals surface area contributed by atoms with E-state index in [2.05, 4.69) is 17.1 Å². The van der Waals surface area contributed by atoms with Crippen molar-refractivity contribution in [2.24, 2.45) is 5.10 Å². The molecule has 0 aromatic carbocycles. The molecular formula is C12H23N3O2. The maximum atomic E-state index is 11.3. The van der Waals surface area contributed by atoms with Crippen LogP contribution in [-0.4, -0.2) is 36.5 Å². The van der Waals surface area contributed by atoms with Crippen molar-refractivity contribution in [3.63, 3.8) is 0 Å². The highest BCUT2D eigenvalue weighted by molar-refractivity contribution is 5.67. The zero-order valence-corrected chi connectivity index (χ0v) is 11.4. The third kappa shape index (κ3) is 9.41. The topological polar surface area (TPSA) is 53.9 Å². The van der Waals surface area contributed by atoms with E-state index in [1.54, 1.807) is 5.01 Å². The van der Waals surface area contributed by atoms with Crippen LogP contribution in [0.1, 0.15) is 34.6 Å². The molecule has 0 aliphatic heterocycles. The van der Waals surface area contributed by atoms with Crippen molar-refractivity contribution in [3.05, 3.63) is 11.8 Å². The van der Waals surface area contributed by atoms with Crippen molar-refractivity contribution in [1.82, 2.24) is 10.3 Å². The van der Waals surface area contributed by atoms with Crippen molar-refractivity contribution < 1.29 is 9.53 Å². The summed E-state index contributed by atoms with van der Waals surface area (Å²) in [5.41, 5.74) is 0.648. The molecule has 0 fully saturated rings. The highest BCUT2D eigenvalue weighted by atomic mass is 16.6. The molecule has 0 spiro atoms. The van der Waals surface area contributed by atoms with Crippen LogP contribution in [0.25, 0.3) is 0 Å². The van der Waals surface area contributed by atoms with Crippen molar-refractivity contribution >= 4 is 12.8 Å². The van der Waals surface area contributed by atoms with Gasteiger partial charge in [-0.25, -0.2) is 4.79 Å². The lowest BCUT2D eigenvalue weighted by atomic mass is 10.2. The van der Waals surface area contributed by atoms with Gasteiger partial charge in [-0.2, -0.15) is 5.10 Å². The highest BCUT2D eigenvalue weighted by Crippen LogP contribution is 2.06. The number of alkyl carbamates (subject to hydrolysis) is 1. The lowest BCUT2D eigenvalue weighted by Crippen LogP contribution is -2.35. The molecule has 0 saturated carbocycles. The highest BCUT2D eigenvalue weighted by Gasteiger charge is 2.15. The monoisotopic (exact) mass is 241 g/mol. The second-order valence-electron chi connectivity index (χ2n) is 4.94. The zero-order chi connectivity index (χ0) is 13.5. The summed E-state index contributed by atoms with van der Waals surface area (Å²) in [6, 6.07) is 0. The Bertz CT molecular complexity index is 289. The predicted molar refractivity (Wildman–Crippen MR) is 69.9 cm³/mol. The Labute approximate surface area is 104 Å². The first-order valence-electron chi connectivity index (χ1n) is 5.60. The van der Waals surface area contributed by atoms with Gasteiger partial charge in [0.1, 0.15) is 5.60 Å². The number of nitrogens with zero attached hydrogens (tertiary/aromatic N) is 2. The van der Waals surface area contributed by atoms with E-state index in [4.69, 9.17) is 4.74 Å². The van der Waals surface area contributed by atoms with Crippen LogP contribution in [-0.2, 0) is 4.74 Å². The first-order valence-corrected chi connectivity index (χ1v) is 5.60. The molecule has 0 aliphatic carbocycles. The molecule has 1 amide bonds. The maximum absolute atomic E-state index is 11.3. The fourth-order valence-electron chi connectivity index (χ4n) is 1.06. The Hall–Kier alpha value is -1.52. The summed E-state index contributed by atoms with van der Waals surface area (Å²) in [6.45, 7) is 13.9. The fraction of sp³-hybridized carbons (Fsp3) is 0.667. The average molecular weight is 241 g/mol. The summed E-state index contributed by atoms with van der Waals surface area (Å²) < 4.78 is 5.10. The molecular weight excluding hydrogens is 218 g/mol. The molecule has 98 valence electrons. The van der Waals surface area contributed by atoms with Gasteiger partial charge in [-0.15, -0.1) is 0 Å². The van der Waals surface area contributed by atoms with Gasteiger partial charge in [0.15, 0.2) is 0 Å². The van der Waals surface area contributed by atoms with E-state index in [1.165, 1.54) is 0 Å². The summed E-state index contributed by atoms with van der Waals surface area (Å²) in [7, 11) is 0. The Kier molecular flexibility index (Phi) is 6.31. The molecule has 0 saturated heterocycles. The van der Waals surface area contributed by atoms with E-state index in [9.17, 15) is 4.79 Å². The van der Waals surface area contributed by atoms with Crippen LogP contribution in [0.15, 0.2) is 16.9 Å². The molecule has 0 heterocycles. The summed E-state index contributed by atoms with van der Waals surface area (Å²) in [4.78, 5) is 11.3. The van der Waals surface area contributed by atoms with Gasteiger partial charge >= 0.3 is 6.09 Å². The molecule has 0 aromatic rings. The van der Waals surface area contributed by atoms with Gasteiger partial charge in [0.05, 0.1) is 6.54 Å². The van der Waals surface area contributed by atoms with E-state index in [0.29, 0.717) is 13.1 Å². The third-order valence-corrected chi connectivity index (χ3v) is 1.60. The molecule has 5 nitrogen and oxygen atoms in total. The minimum absolute atomic E-state index is 0.418. The van der Waals surface area contributed by atoms with Crippen molar-refractivity contribution in [2.75, 3.05) is 13.1 Å². The van der Waals surface area contributed by atoms with Gasteiger partial charge in [-0.1, -0.05) is 5.57 Å². The molecule has 5 heteroatoms. The molecule has 0 radical (unpaired) electrons. The lowest BCUT2D eigenvalue weighted by Gasteiger charge is -2.20. The van der Waals surface area contributed by atoms with E-state index < -0.39 is 11.7 Å². The second kappa shape index (κ2) is 6.93. The van der Waals surface area contributed by atoms with Crippen LogP contribution >= 0.6 is 0 Å². The van der Waals surface area contributed by atoms with Gasteiger partial charge in [0.25, 0.3) is 0 Å². The summed E-state index contributed by atoms with van der Waals surface area (Å²) >= 11 is 0. The SMILES string of the molecule is C=NN(C=C(C)C)CCNC(=O)OC(C)(C)C. The van der Waals surface area contributed by atoms with Gasteiger partial charge < -0.3 is 10.1 Å². The average Bonchev–Trinajstić information content (AvgIpc) is 2.12. The fourth-order valence-corrected chi connectivity index (χ4v) is 1.06. The van der Waals surface area contributed by atoms with Gasteiger partial charge in [-0.3, -0.25) is 5.01 Å². The minimum atomic E-state index is -0.472. The molecule has 0 unspecified atom stereocenters.